The van der Waals surface area contributed by atoms with Crippen LogP contribution in [0.3, 0.4) is 0 Å². The molecule has 1 heterocycles. The number of rotatable bonds is 2. The normalized spacial score (nSPS) is 10.7. The van der Waals surface area contributed by atoms with Gasteiger partial charge in [0.25, 0.3) is 0 Å². The van der Waals surface area contributed by atoms with Crippen LogP contribution in [0.1, 0.15) is 18.2 Å². The van der Waals surface area contributed by atoms with Gasteiger partial charge in [-0.25, -0.2) is 4.68 Å². The lowest BCUT2D eigenvalue weighted by atomic mass is 10.2. The Hall–Kier alpha value is -1.48. The van der Waals surface area contributed by atoms with Crippen LogP contribution >= 0.6 is 11.6 Å². The fourth-order valence-electron chi connectivity index (χ4n) is 1.63. The number of hydrogen-bond acceptors (Lipinski definition) is 2. The maximum atomic E-state index is 6.09. The molecule has 16 heavy (non-hydrogen) atoms. The molecule has 0 aliphatic heterocycles. The maximum absolute atomic E-state index is 6.09. The van der Waals surface area contributed by atoms with Crippen LogP contribution in [0.5, 0.6) is 0 Å². The van der Waals surface area contributed by atoms with Gasteiger partial charge in [0, 0.05) is 16.8 Å². The second kappa shape index (κ2) is 4.18. The van der Waals surface area contributed by atoms with E-state index in [-0.39, 0.29) is 0 Å². The highest BCUT2D eigenvalue weighted by Gasteiger charge is 2.07. The zero-order valence-corrected chi connectivity index (χ0v) is 10.1. The van der Waals surface area contributed by atoms with Crippen molar-refractivity contribution in [3.05, 3.63) is 40.5 Å². The molecule has 0 fully saturated rings. The summed E-state index contributed by atoms with van der Waals surface area (Å²) in [5, 5.41) is 5.00. The molecule has 2 N–H and O–H groups in total. The van der Waals surface area contributed by atoms with Gasteiger partial charge in [-0.05, 0) is 31.0 Å². The van der Waals surface area contributed by atoms with E-state index in [1.807, 2.05) is 35.9 Å². The minimum absolute atomic E-state index is 0.536. The summed E-state index contributed by atoms with van der Waals surface area (Å²) in [5.41, 5.74) is 8.78. The average molecular weight is 236 g/mol. The van der Waals surface area contributed by atoms with Crippen molar-refractivity contribution in [1.82, 2.24) is 9.78 Å². The van der Waals surface area contributed by atoms with Gasteiger partial charge in [-0.3, -0.25) is 0 Å². The van der Waals surface area contributed by atoms with E-state index < -0.39 is 0 Å². The first-order valence-corrected chi connectivity index (χ1v) is 5.60. The van der Waals surface area contributed by atoms with Gasteiger partial charge < -0.3 is 5.73 Å². The average Bonchev–Trinajstić information content (AvgIpc) is 2.63. The predicted molar refractivity (Wildman–Crippen MR) is 67.1 cm³/mol. The van der Waals surface area contributed by atoms with Crippen molar-refractivity contribution >= 4 is 17.4 Å². The Morgan fingerprint density at radius 2 is 2.12 bits per heavy atom. The first-order valence-electron chi connectivity index (χ1n) is 5.22. The Balaban J connectivity index is 2.53. The number of halogens is 1. The summed E-state index contributed by atoms with van der Waals surface area (Å²) in [6.07, 6.45) is 0.885. The summed E-state index contributed by atoms with van der Waals surface area (Å²) < 4.78 is 1.83. The molecule has 1 aromatic carbocycles. The summed E-state index contributed by atoms with van der Waals surface area (Å²) in [5.74, 6) is 0.536. The number of anilines is 1. The molecule has 0 spiro atoms. The molecule has 0 amide bonds. The third-order valence-corrected chi connectivity index (χ3v) is 2.97. The third kappa shape index (κ3) is 1.91. The Kier molecular flexibility index (Phi) is 2.88. The van der Waals surface area contributed by atoms with Gasteiger partial charge in [-0.1, -0.05) is 24.6 Å². The van der Waals surface area contributed by atoms with Crippen LogP contribution in [-0.2, 0) is 6.42 Å². The van der Waals surface area contributed by atoms with Crippen LogP contribution in [0.2, 0.25) is 5.02 Å². The van der Waals surface area contributed by atoms with Crippen molar-refractivity contribution in [2.24, 2.45) is 0 Å². The fourth-order valence-corrected chi connectivity index (χ4v) is 1.80. The standard InChI is InChI=1S/C12H14ClN3/c1-3-9-7-12(14)15-16(9)10-5-4-8(2)11(13)6-10/h4-7H,3H2,1-2H3,(H2,14,15). The first kappa shape index (κ1) is 11.0. The lowest BCUT2D eigenvalue weighted by Gasteiger charge is -2.07. The summed E-state index contributed by atoms with van der Waals surface area (Å²) in [6.45, 7) is 4.05. The first-order chi connectivity index (χ1) is 7.61. The highest BCUT2D eigenvalue weighted by atomic mass is 35.5. The zero-order chi connectivity index (χ0) is 11.7. The van der Waals surface area contributed by atoms with E-state index in [9.17, 15) is 0 Å². The molecule has 0 bridgehead atoms. The highest BCUT2D eigenvalue weighted by molar-refractivity contribution is 6.31. The van der Waals surface area contributed by atoms with Crippen LogP contribution < -0.4 is 5.73 Å². The topological polar surface area (TPSA) is 43.8 Å². The summed E-state index contributed by atoms with van der Waals surface area (Å²) in [7, 11) is 0. The van der Waals surface area contributed by atoms with E-state index >= 15 is 0 Å². The number of aromatic nitrogens is 2. The Bertz CT molecular complexity index is 517. The van der Waals surface area contributed by atoms with Crippen molar-refractivity contribution < 1.29 is 0 Å². The number of nitrogen functional groups attached to an aromatic ring is 1. The van der Waals surface area contributed by atoms with Gasteiger partial charge in [0.15, 0.2) is 0 Å². The quantitative estimate of drug-likeness (QED) is 0.870. The van der Waals surface area contributed by atoms with E-state index in [0.29, 0.717) is 5.82 Å². The molecular formula is C12H14ClN3. The lowest BCUT2D eigenvalue weighted by molar-refractivity contribution is 0.817. The molecule has 3 nitrogen and oxygen atoms in total. The van der Waals surface area contributed by atoms with Gasteiger partial charge in [-0.15, -0.1) is 0 Å². The van der Waals surface area contributed by atoms with Gasteiger partial charge in [-0.2, -0.15) is 5.10 Å². The molecule has 0 unspecified atom stereocenters. The number of nitrogens with two attached hydrogens (primary N) is 1. The van der Waals surface area contributed by atoms with Crippen LogP contribution in [-0.4, -0.2) is 9.78 Å². The monoisotopic (exact) mass is 235 g/mol. The number of hydrogen-bond donors (Lipinski definition) is 1. The van der Waals surface area contributed by atoms with Gasteiger partial charge >= 0.3 is 0 Å². The molecule has 0 aliphatic rings. The van der Waals surface area contributed by atoms with E-state index in [1.165, 1.54) is 0 Å². The van der Waals surface area contributed by atoms with E-state index in [2.05, 4.69) is 12.0 Å². The smallest absolute Gasteiger partial charge is 0.146 e. The second-order valence-corrected chi connectivity index (χ2v) is 4.17. The SMILES string of the molecule is CCc1cc(N)nn1-c1ccc(C)c(Cl)c1. The molecule has 0 aliphatic carbocycles. The number of benzene rings is 1. The number of aryl methyl sites for hydroxylation is 2. The van der Waals surface area contributed by atoms with Crippen molar-refractivity contribution in [1.29, 1.82) is 0 Å². The van der Waals surface area contributed by atoms with Crippen LogP contribution in [0, 0.1) is 6.92 Å². The maximum Gasteiger partial charge on any atom is 0.146 e. The minimum atomic E-state index is 0.536. The van der Waals surface area contributed by atoms with Crippen molar-refractivity contribution in [2.75, 3.05) is 5.73 Å². The zero-order valence-electron chi connectivity index (χ0n) is 9.37. The molecule has 0 saturated carbocycles. The van der Waals surface area contributed by atoms with Crippen molar-refractivity contribution in [2.45, 2.75) is 20.3 Å². The molecular weight excluding hydrogens is 222 g/mol. The van der Waals surface area contributed by atoms with E-state index in [0.717, 1.165) is 28.4 Å². The Labute approximate surface area is 99.8 Å². The molecule has 1 aromatic heterocycles. The van der Waals surface area contributed by atoms with Gasteiger partial charge in [0.05, 0.1) is 5.69 Å². The molecule has 84 valence electrons. The van der Waals surface area contributed by atoms with E-state index in [4.69, 9.17) is 17.3 Å². The van der Waals surface area contributed by atoms with Crippen LogP contribution in [0.4, 0.5) is 5.82 Å². The lowest BCUT2D eigenvalue weighted by Crippen LogP contribution is -2.01. The molecule has 0 saturated heterocycles. The molecule has 2 rings (SSSR count). The summed E-state index contributed by atoms with van der Waals surface area (Å²) in [4.78, 5) is 0. The largest absolute Gasteiger partial charge is 0.382 e. The Morgan fingerprint density at radius 3 is 2.75 bits per heavy atom. The predicted octanol–water partition coefficient (Wildman–Crippen LogP) is 2.98. The van der Waals surface area contributed by atoms with Gasteiger partial charge in [0.1, 0.15) is 5.82 Å². The summed E-state index contributed by atoms with van der Waals surface area (Å²) >= 11 is 6.09. The molecule has 0 radical (unpaired) electrons. The highest BCUT2D eigenvalue weighted by Crippen LogP contribution is 2.21. The van der Waals surface area contributed by atoms with E-state index in [1.54, 1.807) is 0 Å². The molecule has 2 aromatic rings. The van der Waals surface area contributed by atoms with Crippen LogP contribution in [0.25, 0.3) is 5.69 Å². The minimum Gasteiger partial charge on any atom is -0.382 e. The van der Waals surface area contributed by atoms with Crippen molar-refractivity contribution in [3.63, 3.8) is 0 Å². The van der Waals surface area contributed by atoms with Gasteiger partial charge in [0.2, 0.25) is 0 Å². The molecule has 4 heteroatoms. The second-order valence-electron chi connectivity index (χ2n) is 3.76. The fraction of sp³-hybridized carbons (Fsp3) is 0.250. The van der Waals surface area contributed by atoms with Crippen molar-refractivity contribution in [3.8, 4) is 5.69 Å². The Morgan fingerprint density at radius 1 is 1.38 bits per heavy atom. The molecule has 0 atom stereocenters. The number of nitrogens with zero attached hydrogens (tertiary/aromatic N) is 2. The third-order valence-electron chi connectivity index (χ3n) is 2.56. The van der Waals surface area contributed by atoms with Crippen LogP contribution in [0.15, 0.2) is 24.3 Å². The summed E-state index contributed by atoms with van der Waals surface area (Å²) in [6, 6.07) is 7.76.